The minimum absolute atomic E-state index is 0.275. The number of rotatable bonds is 2. The third-order valence-electron chi connectivity index (χ3n) is 4.05. The summed E-state index contributed by atoms with van der Waals surface area (Å²) in [4.78, 5) is 18.6. The molecule has 4 nitrogen and oxygen atoms in total. The molecule has 1 amide bonds. The zero-order valence-corrected chi connectivity index (χ0v) is 10.5. The predicted octanol–water partition coefficient (Wildman–Crippen LogP) is 0.977. The molecule has 1 aromatic heterocycles. The van der Waals surface area contributed by atoms with E-state index >= 15 is 0 Å². The molecule has 3 rings (SSSR count). The molecule has 0 radical (unpaired) electrons. The number of fused-ring (bicyclic) bond motifs is 2. The second kappa shape index (κ2) is 5.06. The van der Waals surface area contributed by atoms with Gasteiger partial charge in [-0.05, 0) is 43.5 Å². The van der Waals surface area contributed by atoms with Gasteiger partial charge in [0.15, 0.2) is 0 Å². The summed E-state index contributed by atoms with van der Waals surface area (Å²) in [7, 11) is 0. The Balaban J connectivity index is 1.72. The Hall–Kier alpha value is -1.42. The SMILES string of the molecule is O=C(Cc1ccncc1)N1[C@@H]2CCNC[C@H]1CC2. The van der Waals surface area contributed by atoms with Crippen molar-refractivity contribution in [2.45, 2.75) is 37.8 Å². The lowest BCUT2D eigenvalue weighted by Gasteiger charge is -2.28. The summed E-state index contributed by atoms with van der Waals surface area (Å²) in [6, 6.07) is 4.72. The zero-order valence-electron chi connectivity index (χ0n) is 10.5. The fraction of sp³-hybridized carbons (Fsp3) is 0.571. The van der Waals surface area contributed by atoms with Crippen LogP contribution in [0.3, 0.4) is 0 Å². The minimum Gasteiger partial charge on any atom is -0.335 e. The van der Waals surface area contributed by atoms with E-state index in [1.54, 1.807) is 12.4 Å². The van der Waals surface area contributed by atoms with Crippen LogP contribution in [0, 0.1) is 0 Å². The molecule has 0 saturated carbocycles. The Bertz CT molecular complexity index is 406. The highest BCUT2D eigenvalue weighted by atomic mass is 16.2. The molecule has 3 heterocycles. The highest BCUT2D eigenvalue weighted by Crippen LogP contribution is 2.28. The fourth-order valence-electron chi connectivity index (χ4n) is 3.16. The van der Waals surface area contributed by atoms with Gasteiger partial charge in [-0.2, -0.15) is 0 Å². The average Bonchev–Trinajstić information content (AvgIpc) is 2.64. The van der Waals surface area contributed by atoms with Gasteiger partial charge in [-0.1, -0.05) is 0 Å². The third kappa shape index (κ3) is 2.25. The highest BCUT2D eigenvalue weighted by molar-refractivity contribution is 5.79. The monoisotopic (exact) mass is 245 g/mol. The van der Waals surface area contributed by atoms with Crippen LogP contribution in [-0.2, 0) is 11.2 Å². The number of nitrogens with one attached hydrogen (secondary N) is 1. The lowest BCUT2D eigenvalue weighted by Crippen LogP contribution is -2.43. The van der Waals surface area contributed by atoms with Crippen molar-refractivity contribution in [2.75, 3.05) is 13.1 Å². The van der Waals surface area contributed by atoms with Crippen molar-refractivity contribution in [3.63, 3.8) is 0 Å². The first-order chi connectivity index (χ1) is 8.84. The molecular weight excluding hydrogens is 226 g/mol. The summed E-state index contributed by atoms with van der Waals surface area (Å²) in [6.45, 7) is 2.00. The molecule has 4 heteroatoms. The van der Waals surface area contributed by atoms with E-state index in [9.17, 15) is 4.79 Å². The largest absolute Gasteiger partial charge is 0.335 e. The molecule has 0 spiro atoms. The molecule has 0 unspecified atom stereocenters. The van der Waals surface area contributed by atoms with E-state index in [-0.39, 0.29) is 5.91 Å². The quantitative estimate of drug-likeness (QED) is 0.844. The molecule has 2 atom stereocenters. The zero-order chi connectivity index (χ0) is 12.4. The molecule has 1 aromatic rings. The van der Waals surface area contributed by atoms with Crippen molar-refractivity contribution in [3.05, 3.63) is 30.1 Å². The van der Waals surface area contributed by atoms with Crippen molar-refractivity contribution >= 4 is 5.91 Å². The molecule has 2 fully saturated rings. The number of carbonyl (C=O) groups is 1. The van der Waals surface area contributed by atoms with Crippen LogP contribution in [0.5, 0.6) is 0 Å². The maximum atomic E-state index is 12.5. The summed E-state index contributed by atoms with van der Waals surface area (Å²) >= 11 is 0. The van der Waals surface area contributed by atoms with Crippen LogP contribution < -0.4 is 5.32 Å². The van der Waals surface area contributed by atoms with Gasteiger partial charge in [-0.3, -0.25) is 9.78 Å². The summed E-state index contributed by atoms with van der Waals surface area (Å²) in [5.41, 5.74) is 1.06. The van der Waals surface area contributed by atoms with Gasteiger partial charge >= 0.3 is 0 Å². The first-order valence-electron chi connectivity index (χ1n) is 6.75. The summed E-state index contributed by atoms with van der Waals surface area (Å²) < 4.78 is 0. The lowest BCUT2D eigenvalue weighted by atomic mass is 10.1. The van der Waals surface area contributed by atoms with E-state index in [4.69, 9.17) is 0 Å². The van der Waals surface area contributed by atoms with Gasteiger partial charge in [-0.15, -0.1) is 0 Å². The van der Waals surface area contributed by atoms with Crippen molar-refractivity contribution in [1.82, 2.24) is 15.2 Å². The Morgan fingerprint density at radius 2 is 2.06 bits per heavy atom. The van der Waals surface area contributed by atoms with Crippen LogP contribution in [0.2, 0.25) is 0 Å². The Kier molecular flexibility index (Phi) is 3.28. The summed E-state index contributed by atoms with van der Waals surface area (Å²) in [6.07, 6.45) is 7.44. The van der Waals surface area contributed by atoms with E-state index in [2.05, 4.69) is 15.2 Å². The van der Waals surface area contributed by atoms with Crippen molar-refractivity contribution in [1.29, 1.82) is 0 Å². The van der Waals surface area contributed by atoms with Gasteiger partial charge in [0.05, 0.1) is 6.42 Å². The van der Waals surface area contributed by atoms with Crippen LogP contribution >= 0.6 is 0 Å². The number of hydrogen-bond acceptors (Lipinski definition) is 3. The molecule has 2 bridgehead atoms. The normalized spacial score (nSPS) is 27.0. The molecular formula is C14H19N3O. The van der Waals surface area contributed by atoms with Gasteiger partial charge in [-0.25, -0.2) is 0 Å². The van der Waals surface area contributed by atoms with Gasteiger partial charge in [0.1, 0.15) is 0 Å². The Morgan fingerprint density at radius 3 is 2.89 bits per heavy atom. The number of nitrogens with zero attached hydrogens (tertiary/aromatic N) is 2. The van der Waals surface area contributed by atoms with E-state index in [0.29, 0.717) is 18.5 Å². The minimum atomic E-state index is 0.275. The summed E-state index contributed by atoms with van der Waals surface area (Å²) in [5, 5.41) is 3.42. The predicted molar refractivity (Wildman–Crippen MR) is 69.1 cm³/mol. The third-order valence-corrected chi connectivity index (χ3v) is 4.05. The first-order valence-corrected chi connectivity index (χ1v) is 6.75. The van der Waals surface area contributed by atoms with Crippen LogP contribution in [0.1, 0.15) is 24.8 Å². The summed E-state index contributed by atoms with van der Waals surface area (Å²) in [5.74, 6) is 0.275. The smallest absolute Gasteiger partial charge is 0.227 e. The number of amides is 1. The van der Waals surface area contributed by atoms with E-state index in [1.165, 1.54) is 6.42 Å². The van der Waals surface area contributed by atoms with Crippen molar-refractivity contribution in [2.24, 2.45) is 0 Å². The average molecular weight is 245 g/mol. The van der Waals surface area contributed by atoms with Gasteiger partial charge in [0.25, 0.3) is 0 Å². The standard InChI is InChI=1S/C14H19N3O/c18-14(9-11-3-6-15-7-4-11)17-12-1-2-13(17)10-16-8-5-12/h3-4,6-7,12-13,16H,1-2,5,8-10H2/t12-,13+/m0/s1. The Labute approximate surface area is 107 Å². The van der Waals surface area contributed by atoms with E-state index in [1.807, 2.05) is 12.1 Å². The van der Waals surface area contributed by atoms with E-state index in [0.717, 1.165) is 31.5 Å². The van der Waals surface area contributed by atoms with Crippen LogP contribution in [-0.4, -0.2) is 41.0 Å². The molecule has 18 heavy (non-hydrogen) atoms. The van der Waals surface area contributed by atoms with Crippen molar-refractivity contribution < 1.29 is 4.79 Å². The maximum Gasteiger partial charge on any atom is 0.227 e. The fourth-order valence-corrected chi connectivity index (χ4v) is 3.16. The van der Waals surface area contributed by atoms with Gasteiger partial charge in [0, 0.05) is 31.0 Å². The number of aromatic nitrogens is 1. The highest BCUT2D eigenvalue weighted by Gasteiger charge is 2.37. The topological polar surface area (TPSA) is 45.2 Å². The van der Waals surface area contributed by atoms with Crippen molar-refractivity contribution in [3.8, 4) is 0 Å². The number of hydrogen-bond donors (Lipinski definition) is 1. The number of pyridine rings is 1. The molecule has 1 N–H and O–H groups in total. The molecule has 2 aliphatic heterocycles. The number of carbonyl (C=O) groups excluding carboxylic acids is 1. The first kappa shape index (κ1) is 11.7. The van der Waals surface area contributed by atoms with Gasteiger partial charge < -0.3 is 10.2 Å². The second-order valence-electron chi connectivity index (χ2n) is 5.21. The van der Waals surface area contributed by atoms with Gasteiger partial charge in [0.2, 0.25) is 5.91 Å². The lowest BCUT2D eigenvalue weighted by molar-refractivity contribution is -0.133. The Morgan fingerprint density at radius 1 is 1.28 bits per heavy atom. The molecule has 2 saturated heterocycles. The molecule has 0 aromatic carbocycles. The van der Waals surface area contributed by atoms with E-state index < -0.39 is 0 Å². The molecule has 96 valence electrons. The van der Waals surface area contributed by atoms with Crippen LogP contribution in [0.15, 0.2) is 24.5 Å². The maximum absolute atomic E-state index is 12.5. The van der Waals surface area contributed by atoms with Crippen LogP contribution in [0.25, 0.3) is 0 Å². The second-order valence-corrected chi connectivity index (χ2v) is 5.21. The van der Waals surface area contributed by atoms with Crippen LogP contribution in [0.4, 0.5) is 0 Å². The molecule has 2 aliphatic rings. The molecule has 0 aliphatic carbocycles.